The van der Waals surface area contributed by atoms with Gasteiger partial charge in [0.2, 0.25) is 15.9 Å². The van der Waals surface area contributed by atoms with Gasteiger partial charge in [-0.3, -0.25) is 4.79 Å². The van der Waals surface area contributed by atoms with Crippen LogP contribution in [-0.4, -0.2) is 50.0 Å². The predicted octanol–water partition coefficient (Wildman–Crippen LogP) is 3.48. The summed E-state index contributed by atoms with van der Waals surface area (Å²) in [5, 5.41) is 2.79. The molecular formula is C24H30N2O5S. The van der Waals surface area contributed by atoms with Crippen LogP contribution in [0.15, 0.2) is 54.6 Å². The highest BCUT2D eigenvalue weighted by molar-refractivity contribution is 7.89. The number of hydrogen-bond donors (Lipinski definition) is 1. The lowest BCUT2D eigenvalue weighted by Crippen LogP contribution is -2.44. The minimum atomic E-state index is -3.44. The molecule has 1 aliphatic heterocycles. The Morgan fingerprint density at radius 2 is 1.81 bits per heavy atom. The van der Waals surface area contributed by atoms with Gasteiger partial charge in [-0.05, 0) is 50.3 Å². The number of anilines is 1. The first-order valence-electron chi connectivity index (χ1n) is 11.0. The molecule has 3 rings (SSSR count). The minimum Gasteiger partial charge on any atom is -0.462 e. The Morgan fingerprint density at radius 1 is 1.09 bits per heavy atom. The molecular weight excluding hydrogens is 428 g/mol. The fourth-order valence-corrected chi connectivity index (χ4v) is 5.44. The molecule has 0 bridgehead atoms. The van der Waals surface area contributed by atoms with E-state index in [-0.39, 0.29) is 30.4 Å². The van der Waals surface area contributed by atoms with Crippen molar-refractivity contribution in [1.82, 2.24) is 4.31 Å². The molecule has 8 heteroatoms. The number of carbonyl (C=O) groups is 2. The SMILES string of the molecule is CCOC(=O)c1ccccc1NC(=O)C1CCCN(S(=O)(=O)CCCc2ccccc2)C1. The molecule has 1 heterocycles. The van der Waals surface area contributed by atoms with Crippen LogP contribution in [0.25, 0.3) is 0 Å². The molecule has 1 aliphatic rings. The van der Waals surface area contributed by atoms with Crippen LogP contribution in [0, 0.1) is 5.92 Å². The quantitative estimate of drug-likeness (QED) is 0.581. The van der Waals surface area contributed by atoms with Gasteiger partial charge in [0, 0.05) is 13.1 Å². The molecule has 1 saturated heterocycles. The molecule has 0 radical (unpaired) electrons. The summed E-state index contributed by atoms with van der Waals surface area (Å²) in [7, 11) is -3.44. The standard InChI is InChI=1S/C24H30N2O5S/c1-2-31-24(28)21-14-6-7-15-22(21)25-23(27)20-13-8-16-26(18-20)32(29,30)17-9-12-19-10-4-3-5-11-19/h3-7,10-11,14-15,20H,2,8-9,12-13,16-18H2,1H3,(H,25,27). The zero-order chi connectivity index (χ0) is 23.0. The fourth-order valence-electron chi connectivity index (χ4n) is 3.86. The third kappa shape index (κ3) is 6.40. The van der Waals surface area contributed by atoms with Crippen LogP contribution in [0.4, 0.5) is 5.69 Å². The zero-order valence-electron chi connectivity index (χ0n) is 18.3. The molecule has 1 amide bonds. The van der Waals surface area contributed by atoms with E-state index in [1.54, 1.807) is 31.2 Å². The first-order chi connectivity index (χ1) is 15.4. The van der Waals surface area contributed by atoms with E-state index in [2.05, 4.69) is 5.32 Å². The van der Waals surface area contributed by atoms with Gasteiger partial charge in [0.15, 0.2) is 0 Å². The van der Waals surface area contributed by atoms with Crippen molar-refractivity contribution in [1.29, 1.82) is 0 Å². The van der Waals surface area contributed by atoms with Crippen LogP contribution < -0.4 is 5.32 Å². The van der Waals surface area contributed by atoms with E-state index in [0.29, 0.717) is 37.9 Å². The van der Waals surface area contributed by atoms with Crippen LogP contribution in [0.5, 0.6) is 0 Å². The van der Waals surface area contributed by atoms with Crippen molar-refractivity contribution in [3.63, 3.8) is 0 Å². The van der Waals surface area contributed by atoms with Crippen molar-refractivity contribution < 1.29 is 22.7 Å². The molecule has 0 saturated carbocycles. The van der Waals surface area contributed by atoms with E-state index in [4.69, 9.17) is 4.74 Å². The van der Waals surface area contributed by atoms with Crippen LogP contribution >= 0.6 is 0 Å². The number of nitrogens with one attached hydrogen (secondary N) is 1. The molecule has 0 aliphatic carbocycles. The monoisotopic (exact) mass is 458 g/mol. The van der Waals surface area contributed by atoms with Gasteiger partial charge < -0.3 is 10.1 Å². The van der Waals surface area contributed by atoms with Crippen molar-refractivity contribution >= 4 is 27.6 Å². The lowest BCUT2D eigenvalue weighted by atomic mass is 9.98. The highest BCUT2D eigenvalue weighted by Crippen LogP contribution is 2.23. The lowest BCUT2D eigenvalue weighted by molar-refractivity contribution is -0.120. The highest BCUT2D eigenvalue weighted by Gasteiger charge is 2.32. The maximum Gasteiger partial charge on any atom is 0.340 e. The van der Waals surface area contributed by atoms with Gasteiger partial charge in [0.25, 0.3) is 0 Å². The molecule has 1 unspecified atom stereocenters. The molecule has 2 aromatic rings. The maximum absolute atomic E-state index is 12.9. The van der Waals surface area contributed by atoms with Crippen LogP contribution in [-0.2, 0) is 26.0 Å². The van der Waals surface area contributed by atoms with Crippen molar-refractivity contribution in [2.45, 2.75) is 32.6 Å². The number of para-hydroxylation sites is 1. The third-order valence-electron chi connectivity index (χ3n) is 5.54. The fraction of sp³-hybridized carbons (Fsp3) is 0.417. The summed E-state index contributed by atoms with van der Waals surface area (Å²) in [4.78, 5) is 25.0. The Labute approximate surface area is 189 Å². The molecule has 1 atom stereocenters. The van der Waals surface area contributed by atoms with Crippen molar-refractivity contribution in [3.8, 4) is 0 Å². The topological polar surface area (TPSA) is 92.8 Å². The number of sulfonamides is 1. The molecule has 0 aromatic heterocycles. The number of carbonyl (C=O) groups excluding carboxylic acids is 2. The van der Waals surface area contributed by atoms with Crippen molar-refractivity contribution in [3.05, 3.63) is 65.7 Å². The molecule has 2 aromatic carbocycles. The van der Waals surface area contributed by atoms with Gasteiger partial charge in [0.1, 0.15) is 0 Å². The smallest absolute Gasteiger partial charge is 0.340 e. The summed E-state index contributed by atoms with van der Waals surface area (Å²) in [5.41, 5.74) is 1.77. The number of esters is 1. The van der Waals surface area contributed by atoms with Gasteiger partial charge in [-0.15, -0.1) is 0 Å². The van der Waals surface area contributed by atoms with Crippen LogP contribution in [0.3, 0.4) is 0 Å². The summed E-state index contributed by atoms with van der Waals surface area (Å²) in [6, 6.07) is 16.5. The molecule has 1 N–H and O–H groups in total. The van der Waals surface area contributed by atoms with Gasteiger partial charge in [-0.25, -0.2) is 17.5 Å². The van der Waals surface area contributed by atoms with Gasteiger partial charge >= 0.3 is 5.97 Å². The zero-order valence-corrected chi connectivity index (χ0v) is 19.1. The number of ether oxygens (including phenoxy) is 1. The van der Waals surface area contributed by atoms with E-state index < -0.39 is 21.9 Å². The van der Waals surface area contributed by atoms with Gasteiger partial charge in [-0.2, -0.15) is 0 Å². The normalized spacial score (nSPS) is 17.0. The second kappa shape index (κ2) is 11.2. The first kappa shape index (κ1) is 23.9. The molecule has 0 spiro atoms. The van der Waals surface area contributed by atoms with E-state index in [0.717, 1.165) is 5.56 Å². The predicted molar refractivity (Wildman–Crippen MR) is 124 cm³/mol. The molecule has 32 heavy (non-hydrogen) atoms. The molecule has 172 valence electrons. The van der Waals surface area contributed by atoms with Crippen LogP contribution in [0.1, 0.15) is 42.1 Å². The maximum atomic E-state index is 12.9. The van der Waals surface area contributed by atoms with Gasteiger partial charge in [0.05, 0.1) is 29.5 Å². The Balaban J connectivity index is 1.59. The van der Waals surface area contributed by atoms with E-state index >= 15 is 0 Å². The van der Waals surface area contributed by atoms with E-state index in [9.17, 15) is 18.0 Å². The Morgan fingerprint density at radius 3 is 2.56 bits per heavy atom. The van der Waals surface area contributed by atoms with Crippen molar-refractivity contribution in [2.75, 3.05) is 30.8 Å². The average molecular weight is 459 g/mol. The number of piperidine rings is 1. The summed E-state index contributed by atoms with van der Waals surface area (Å²) in [6.45, 7) is 2.54. The number of hydrogen-bond acceptors (Lipinski definition) is 5. The largest absolute Gasteiger partial charge is 0.462 e. The Hall–Kier alpha value is -2.71. The average Bonchev–Trinajstić information content (AvgIpc) is 2.80. The first-order valence-corrected chi connectivity index (χ1v) is 12.6. The number of aryl methyl sites for hydroxylation is 1. The van der Waals surface area contributed by atoms with E-state index in [1.807, 2.05) is 30.3 Å². The highest BCUT2D eigenvalue weighted by atomic mass is 32.2. The summed E-state index contributed by atoms with van der Waals surface area (Å²) >= 11 is 0. The number of benzene rings is 2. The second-order valence-corrected chi connectivity index (χ2v) is 9.95. The minimum absolute atomic E-state index is 0.0575. The second-order valence-electron chi connectivity index (χ2n) is 7.86. The summed E-state index contributed by atoms with van der Waals surface area (Å²) < 4.78 is 32.2. The van der Waals surface area contributed by atoms with E-state index in [1.165, 1.54) is 4.31 Å². The number of rotatable bonds is 9. The van der Waals surface area contributed by atoms with Crippen molar-refractivity contribution in [2.24, 2.45) is 5.92 Å². The summed E-state index contributed by atoms with van der Waals surface area (Å²) in [5.74, 6) is -1.20. The molecule has 7 nitrogen and oxygen atoms in total. The van der Waals surface area contributed by atoms with Gasteiger partial charge in [-0.1, -0.05) is 42.5 Å². The molecule has 1 fully saturated rings. The third-order valence-corrected chi connectivity index (χ3v) is 7.46. The Kier molecular flexibility index (Phi) is 8.41. The number of amides is 1. The van der Waals surface area contributed by atoms with Crippen LogP contribution in [0.2, 0.25) is 0 Å². The lowest BCUT2D eigenvalue weighted by Gasteiger charge is -2.31. The summed E-state index contributed by atoms with van der Waals surface area (Å²) in [6.07, 6.45) is 2.45. The number of nitrogens with zero attached hydrogens (tertiary/aromatic N) is 1. The Bertz CT molecular complexity index is 1020.